The van der Waals surface area contributed by atoms with E-state index in [4.69, 9.17) is 5.73 Å². The summed E-state index contributed by atoms with van der Waals surface area (Å²) in [5.41, 5.74) is 5.48. The van der Waals surface area contributed by atoms with Gasteiger partial charge in [0.15, 0.2) is 0 Å². The highest BCUT2D eigenvalue weighted by atomic mass is 16.2. The van der Waals surface area contributed by atoms with Gasteiger partial charge in [-0.15, -0.1) is 0 Å². The average Bonchev–Trinajstić information content (AvgIpc) is 2.48. The first kappa shape index (κ1) is 15.3. The van der Waals surface area contributed by atoms with Gasteiger partial charge in [-0.2, -0.15) is 0 Å². The quantitative estimate of drug-likeness (QED) is 0.857. The Morgan fingerprint density at radius 2 is 2.10 bits per heavy atom. The van der Waals surface area contributed by atoms with Crippen molar-refractivity contribution in [3.63, 3.8) is 0 Å². The fraction of sp³-hybridized carbons (Fsp3) is 0.533. The van der Waals surface area contributed by atoms with Crippen LogP contribution in [0, 0.1) is 0 Å². The number of carbonyl (C=O) groups excluding carboxylic acids is 2. The molecule has 3 N–H and O–H groups in total. The van der Waals surface area contributed by atoms with Crippen molar-refractivity contribution in [1.82, 2.24) is 9.88 Å². The van der Waals surface area contributed by atoms with Crippen LogP contribution in [0.2, 0.25) is 0 Å². The zero-order chi connectivity index (χ0) is 15.2. The van der Waals surface area contributed by atoms with Crippen LogP contribution in [-0.2, 0) is 4.79 Å². The van der Waals surface area contributed by atoms with Gasteiger partial charge in [0.2, 0.25) is 5.91 Å². The standard InChI is InChI=1S/C15H22N4O2/c1-2-4-14(20)19-9-7-11(8-10-19)17-13-6-3-5-12(18-13)15(16)21/h3,5-6,11H,2,4,7-10H2,1H3,(H2,16,21)(H,17,18). The summed E-state index contributed by atoms with van der Waals surface area (Å²) in [5, 5.41) is 3.31. The number of nitrogens with one attached hydrogen (secondary N) is 1. The van der Waals surface area contributed by atoms with Gasteiger partial charge >= 0.3 is 0 Å². The minimum absolute atomic E-state index is 0.241. The zero-order valence-corrected chi connectivity index (χ0v) is 12.3. The number of hydrogen-bond donors (Lipinski definition) is 2. The maximum absolute atomic E-state index is 11.8. The number of carbonyl (C=O) groups is 2. The van der Waals surface area contributed by atoms with Crippen LogP contribution in [-0.4, -0.2) is 40.8 Å². The lowest BCUT2D eigenvalue weighted by Crippen LogP contribution is -2.42. The van der Waals surface area contributed by atoms with Gasteiger partial charge in [0.25, 0.3) is 5.91 Å². The van der Waals surface area contributed by atoms with Crippen LogP contribution in [0.25, 0.3) is 0 Å². The number of aromatic nitrogens is 1. The van der Waals surface area contributed by atoms with Crippen molar-refractivity contribution in [2.24, 2.45) is 5.73 Å². The van der Waals surface area contributed by atoms with E-state index in [2.05, 4.69) is 10.3 Å². The minimum Gasteiger partial charge on any atom is -0.367 e. The lowest BCUT2D eigenvalue weighted by Gasteiger charge is -2.32. The van der Waals surface area contributed by atoms with Crippen LogP contribution in [0.5, 0.6) is 0 Å². The Morgan fingerprint density at radius 3 is 2.71 bits per heavy atom. The first-order valence-electron chi connectivity index (χ1n) is 7.41. The van der Waals surface area contributed by atoms with Crippen LogP contribution in [0.15, 0.2) is 18.2 Å². The molecule has 6 nitrogen and oxygen atoms in total. The molecule has 21 heavy (non-hydrogen) atoms. The molecule has 1 aliphatic heterocycles. The molecule has 1 aromatic rings. The van der Waals surface area contributed by atoms with E-state index in [-0.39, 0.29) is 17.6 Å². The summed E-state index contributed by atoms with van der Waals surface area (Å²) in [6, 6.07) is 5.45. The second-order valence-corrected chi connectivity index (χ2v) is 5.32. The van der Waals surface area contributed by atoms with Crippen LogP contribution in [0.4, 0.5) is 5.82 Å². The van der Waals surface area contributed by atoms with Crippen LogP contribution < -0.4 is 11.1 Å². The third-order valence-electron chi connectivity index (χ3n) is 3.67. The lowest BCUT2D eigenvalue weighted by atomic mass is 10.0. The fourth-order valence-corrected chi connectivity index (χ4v) is 2.51. The predicted octanol–water partition coefficient (Wildman–Crippen LogP) is 1.38. The van der Waals surface area contributed by atoms with E-state index in [1.165, 1.54) is 0 Å². The third kappa shape index (κ3) is 4.18. The van der Waals surface area contributed by atoms with Gasteiger partial charge in [0, 0.05) is 25.6 Å². The molecule has 1 aromatic heterocycles. The van der Waals surface area contributed by atoms with E-state index in [0.717, 1.165) is 32.4 Å². The molecule has 2 heterocycles. The number of rotatable bonds is 5. The van der Waals surface area contributed by atoms with Gasteiger partial charge in [-0.05, 0) is 31.4 Å². The number of anilines is 1. The highest BCUT2D eigenvalue weighted by Gasteiger charge is 2.22. The monoisotopic (exact) mass is 290 g/mol. The molecule has 0 spiro atoms. The van der Waals surface area contributed by atoms with Crippen LogP contribution in [0.3, 0.4) is 0 Å². The van der Waals surface area contributed by atoms with Crippen LogP contribution >= 0.6 is 0 Å². The smallest absolute Gasteiger partial charge is 0.267 e. The normalized spacial score (nSPS) is 15.8. The van der Waals surface area contributed by atoms with Gasteiger partial charge in [-0.25, -0.2) is 4.98 Å². The summed E-state index contributed by atoms with van der Waals surface area (Å²) in [5.74, 6) is 0.369. The molecule has 0 aromatic carbocycles. The van der Waals surface area contributed by atoms with Crippen molar-refractivity contribution in [2.45, 2.75) is 38.6 Å². The average molecular weight is 290 g/mol. The molecule has 0 bridgehead atoms. The van der Waals surface area contributed by atoms with Gasteiger partial charge in [-0.3, -0.25) is 9.59 Å². The summed E-state index contributed by atoms with van der Waals surface area (Å²) in [6.07, 6.45) is 3.29. The number of nitrogens with two attached hydrogens (primary N) is 1. The SMILES string of the molecule is CCCC(=O)N1CCC(Nc2cccc(C(N)=O)n2)CC1. The topological polar surface area (TPSA) is 88.3 Å². The Bertz CT molecular complexity index is 510. The van der Waals surface area contributed by atoms with E-state index < -0.39 is 5.91 Å². The fourth-order valence-electron chi connectivity index (χ4n) is 2.51. The summed E-state index contributed by atoms with van der Waals surface area (Å²) < 4.78 is 0. The number of primary amides is 1. The first-order chi connectivity index (χ1) is 10.1. The van der Waals surface area contributed by atoms with Gasteiger partial charge in [-0.1, -0.05) is 13.0 Å². The lowest BCUT2D eigenvalue weighted by molar-refractivity contribution is -0.132. The molecular weight excluding hydrogens is 268 g/mol. The number of nitrogens with zero attached hydrogens (tertiary/aromatic N) is 2. The van der Waals surface area contributed by atoms with E-state index in [9.17, 15) is 9.59 Å². The molecule has 0 saturated carbocycles. The Hall–Kier alpha value is -2.11. The van der Waals surface area contributed by atoms with Crippen LogP contribution in [0.1, 0.15) is 43.1 Å². The van der Waals surface area contributed by atoms with E-state index in [1.54, 1.807) is 12.1 Å². The van der Waals surface area contributed by atoms with Gasteiger partial charge < -0.3 is 16.0 Å². The Balaban J connectivity index is 1.87. The maximum Gasteiger partial charge on any atom is 0.267 e. The number of likely N-dealkylation sites (tertiary alicyclic amines) is 1. The Morgan fingerprint density at radius 1 is 1.38 bits per heavy atom. The highest BCUT2D eigenvalue weighted by Crippen LogP contribution is 2.16. The molecule has 6 heteroatoms. The summed E-state index contributed by atoms with van der Waals surface area (Å²) in [6.45, 7) is 3.56. The number of amides is 2. The molecule has 0 atom stereocenters. The minimum atomic E-state index is -0.529. The summed E-state index contributed by atoms with van der Waals surface area (Å²) >= 11 is 0. The van der Waals surface area contributed by atoms with Crippen molar-refractivity contribution < 1.29 is 9.59 Å². The van der Waals surface area contributed by atoms with Crippen molar-refractivity contribution in [2.75, 3.05) is 18.4 Å². The molecule has 0 unspecified atom stereocenters. The Labute approximate surface area is 124 Å². The second-order valence-electron chi connectivity index (χ2n) is 5.32. The maximum atomic E-state index is 11.8. The molecule has 1 saturated heterocycles. The number of hydrogen-bond acceptors (Lipinski definition) is 4. The van der Waals surface area contributed by atoms with Crippen molar-refractivity contribution in [3.8, 4) is 0 Å². The van der Waals surface area contributed by atoms with Crippen molar-refractivity contribution in [1.29, 1.82) is 0 Å². The largest absolute Gasteiger partial charge is 0.367 e. The van der Waals surface area contributed by atoms with E-state index >= 15 is 0 Å². The summed E-state index contributed by atoms with van der Waals surface area (Å²) in [7, 11) is 0. The van der Waals surface area contributed by atoms with E-state index in [0.29, 0.717) is 12.2 Å². The third-order valence-corrected chi connectivity index (χ3v) is 3.67. The van der Waals surface area contributed by atoms with Gasteiger partial charge in [0.05, 0.1) is 0 Å². The molecule has 0 aliphatic carbocycles. The molecule has 1 aliphatic rings. The van der Waals surface area contributed by atoms with Crippen molar-refractivity contribution in [3.05, 3.63) is 23.9 Å². The summed E-state index contributed by atoms with van der Waals surface area (Å²) in [4.78, 5) is 29.0. The Kier molecular flexibility index (Phi) is 5.14. The molecular formula is C15H22N4O2. The van der Waals surface area contributed by atoms with E-state index in [1.807, 2.05) is 17.9 Å². The highest BCUT2D eigenvalue weighted by molar-refractivity contribution is 5.91. The second kappa shape index (κ2) is 7.06. The molecule has 0 radical (unpaired) electrons. The van der Waals surface area contributed by atoms with Gasteiger partial charge in [0.1, 0.15) is 11.5 Å². The molecule has 2 rings (SSSR count). The first-order valence-corrected chi connectivity index (χ1v) is 7.41. The number of pyridine rings is 1. The molecule has 2 amide bonds. The molecule has 1 fully saturated rings. The number of piperidine rings is 1. The zero-order valence-electron chi connectivity index (χ0n) is 12.3. The molecule has 114 valence electrons. The predicted molar refractivity (Wildman–Crippen MR) is 80.9 cm³/mol. The van der Waals surface area contributed by atoms with Crippen molar-refractivity contribution >= 4 is 17.6 Å².